The smallest absolute Gasteiger partial charge is 0.290 e. The summed E-state index contributed by atoms with van der Waals surface area (Å²) in [6, 6.07) is 9.07. The van der Waals surface area contributed by atoms with Crippen molar-refractivity contribution in [2.75, 3.05) is 11.4 Å². The van der Waals surface area contributed by atoms with E-state index in [4.69, 9.17) is 15.2 Å². The first kappa shape index (κ1) is 20.0. The lowest BCUT2D eigenvalue weighted by molar-refractivity contribution is -0.126. The van der Waals surface area contributed by atoms with Crippen molar-refractivity contribution in [1.82, 2.24) is 15.5 Å². The van der Waals surface area contributed by atoms with Crippen LogP contribution in [0.5, 0.6) is 0 Å². The van der Waals surface area contributed by atoms with Crippen LogP contribution in [0.3, 0.4) is 0 Å². The molecule has 27 heavy (non-hydrogen) atoms. The molecule has 1 aromatic heterocycles. The molecule has 140 valence electrons. The molecule has 0 aliphatic carbocycles. The van der Waals surface area contributed by atoms with Gasteiger partial charge in [-0.1, -0.05) is 23.5 Å². The number of benzene rings is 1. The van der Waals surface area contributed by atoms with Gasteiger partial charge >= 0.3 is 0 Å². The molecule has 0 spiro atoms. The van der Waals surface area contributed by atoms with Gasteiger partial charge in [-0.15, -0.1) is 10.2 Å². The van der Waals surface area contributed by atoms with Crippen LogP contribution in [0.25, 0.3) is 0 Å². The Hall–Kier alpha value is -3.32. The molecule has 1 unspecified atom stereocenters. The second-order valence-corrected chi connectivity index (χ2v) is 6.80. The van der Waals surface area contributed by atoms with Crippen LogP contribution < -0.4 is 10.2 Å². The molecule has 1 aromatic carbocycles. The minimum atomic E-state index is -0.389. The van der Waals surface area contributed by atoms with E-state index in [1.807, 2.05) is 6.92 Å². The van der Waals surface area contributed by atoms with Gasteiger partial charge in [0.1, 0.15) is 5.01 Å². The van der Waals surface area contributed by atoms with E-state index >= 15 is 0 Å². The van der Waals surface area contributed by atoms with Crippen LogP contribution in [0.15, 0.2) is 24.3 Å². The average Bonchev–Trinajstić information content (AvgIpc) is 3.26. The van der Waals surface area contributed by atoms with Gasteiger partial charge in [-0.05, 0) is 24.6 Å². The molecule has 2 aromatic rings. The molecular weight excluding hydrogens is 370 g/mol. The quantitative estimate of drug-likeness (QED) is 0.749. The number of carbonyl (C=O) groups excluding carboxylic acids is 2. The van der Waals surface area contributed by atoms with Gasteiger partial charge in [0.15, 0.2) is 0 Å². The minimum Gasteiger partial charge on any atom is -0.483 e. The Morgan fingerprint density at radius 3 is 2.67 bits per heavy atom. The predicted octanol–water partition coefficient (Wildman–Crippen LogP) is 1.09. The molecule has 0 bridgehead atoms. The third-order valence-electron chi connectivity index (χ3n) is 3.79. The maximum atomic E-state index is 12.3. The first-order chi connectivity index (χ1) is 13.0. The highest BCUT2D eigenvalue weighted by Gasteiger charge is 2.36. The van der Waals surface area contributed by atoms with Gasteiger partial charge in [-0.25, -0.2) is 0 Å². The second kappa shape index (κ2) is 9.40. The van der Waals surface area contributed by atoms with E-state index in [-0.39, 0.29) is 30.6 Å². The number of carbonyl (C=O) groups is 3. The number of hydrogen-bond acceptors (Lipinski definition) is 7. The molecule has 3 rings (SSSR count). The van der Waals surface area contributed by atoms with Crippen molar-refractivity contribution >= 4 is 34.8 Å². The molecule has 2 amide bonds. The molecular formula is C17H17N5O4S. The SMILES string of the molecule is Cc1nnc(N2CC(C(=O)NCc3ccc(C#N)cc3)CC2=O)s1.O=CO. The zero-order chi connectivity index (χ0) is 19.8. The zero-order valence-corrected chi connectivity index (χ0v) is 15.3. The number of nitriles is 1. The number of carboxylic acid groups (broad SMARTS) is 1. The van der Waals surface area contributed by atoms with Crippen LogP contribution in [-0.2, 0) is 20.9 Å². The molecule has 0 radical (unpaired) electrons. The minimum absolute atomic E-state index is 0.107. The number of nitrogens with zero attached hydrogens (tertiary/aromatic N) is 4. The Labute approximate surface area is 159 Å². The third-order valence-corrected chi connectivity index (χ3v) is 4.65. The molecule has 1 atom stereocenters. The molecule has 1 aliphatic heterocycles. The highest BCUT2D eigenvalue weighted by atomic mass is 32.1. The lowest BCUT2D eigenvalue weighted by Crippen LogP contribution is -2.32. The fourth-order valence-electron chi connectivity index (χ4n) is 2.49. The average molecular weight is 387 g/mol. The van der Waals surface area contributed by atoms with Crippen LogP contribution in [-0.4, -0.2) is 40.1 Å². The lowest BCUT2D eigenvalue weighted by atomic mass is 10.1. The fourth-order valence-corrected chi connectivity index (χ4v) is 3.21. The molecule has 9 nitrogen and oxygen atoms in total. The molecule has 0 saturated carbocycles. The van der Waals surface area contributed by atoms with Gasteiger partial charge in [0.25, 0.3) is 6.47 Å². The van der Waals surface area contributed by atoms with E-state index in [1.165, 1.54) is 16.2 Å². The monoisotopic (exact) mass is 387 g/mol. The van der Waals surface area contributed by atoms with Crippen LogP contribution in [0.2, 0.25) is 0 Å². The summed E-state index contributed by atoms with van der Waals surface area (Å²) in [4.78, 5) is 34.3. The van der Waals surface area contributed by atoms with E-state index in [9.17, 15) is 9.59 Å². The van der Waals surface area contributed by atoms with Crippen molar-refractivity contribution in [1.29, 1.82) is 5.26 Å². The summed E-state index contributed by atoms with van der Waals surface area (Å²) < 4.78 is 0. The van der Waals surface area contributed by atoms with Crippen LogP contribution >= 0.6 is 11.3 Å². The number of anilines is 1. The molecule has 1 saturated heterocycles. The number of aromatic nitrogens is 2. The Bertz CT molecular complexity index is 859. The van der Waals surface area contributed by atoms with Crippen molar-refractivity contribution in [3.8, 4) is 6.07 Å². The molecule has 2 N–H and O–H groups in total. The van der Waals surface area contributed by atoms with Crippen molar-refractivity contribution in [2.24, 2.45) is 5.92 Å². The highest BCUT2D eigenvalue weighted by molar-refractivity contribution is 7.15. The van der Waals surface area contributed by atoms with Crippen molar-refractivity contribution in [3.05, 3.63) is 40.4 Å². The van der Waals surface area contributed by atoms with Crippen LogP contribution in [0, 0.1) is 24.2 Å². The van der Waals surface area contributed by atoms with Crippen molar-refractivity contribution in [3.63, 3.8) is 0 Å². The standard InChI is InChI=1S/C16H15N5O2S.CH2O2/c1-10-19-20-16(24-10)21-9-13(6-14(21)22)15(23)18-8-12-4-2-11(7-17)3-5-12;2-1-3/h2-5,13H,6,8-9H2,1H3,(H,18,23);1H,(H,2,3). The van der Waals surface area contributed by atoms with E-state index in [0.717, 1.165) is 10.6 Å². The van der Waals surface area contributed by atoms with Gasteiger partial charge < -0.3 is 10.4 Å². The molecule has 2 heterocycles. The van der Waals surface area contributed by atoms with Gasteiger partial charge in [-0.3, -0.25) is 19.3 Å². The topological polar surface area (TPSA) is 136 Å². The Balaban J connectivity index is 0.000000817. The predicted molar refractivity (Wildman–Crippen MR) is 96.8 cm³/mol. The highest BCUT2D eigenvalue weighted by Crippen LogP contribution is 2.27. The van der Waals surface area contributed by atoms with Gasteiger partial charge in [0.05, 0.1) is 17.6 Å². The number of aryl methyl sites for hydroxylation is 1. The van der Waals surface area contributed by atoms with E-state index < -0.39 is 0 Å². The van der Waals surface area contributed by atoms with E-state index in [0.29, 0.717) is 23.8 Å². The summed E-state index contributed by atoms with van der Waals surface area (Å²) in [7, 11) is 0. The maximum absolute atomic E-state index is 12.3. The lowest BCUT2D eigenvalue weighted by Gasteiger charge is -2.12. The number of rotatable bonds is 4. The molecule has 1 fully saturated rings. The first-order valence-electron chi connectivity index (χ1n) is 7.93. The number of hydrogen-bond donors (Lipinski definition) is 2. The Morgan fingerprint density at radius 1 is 1.44 bits per heavy atom. The summed E-state index contributed by atoms with van der Waals surface area (Å²) in [5.74, 6) is -0.652. The number of nitrogens with one attached hydrogen (secondary N) is 1. The maximum Gasteiger partial charge on any atom is 0.290 e. The Kier molecular flexibility index (Phi) is 6.96. The second-order valence-electron chi connectivity index (χ2n) is 5.64. The Morgan fingerprint density at radius 2 is 2.11 bits per heavy atom. The van der Waals surface area contributed by atoms with E-state index in [1.54, 1.807) is 24.3 Å². The summed E-state index contributed by atoms with van der Waals surface area (Å²) in [5.41, 5.74) is 1.48. The third kappa shape index (κ3) is 5.32. The van der Waals surface area contributed by atoms with Crippen LogP contribution in [0.1, 0.15) is 22.6 Å². The van der Waals surface area contributed by atoms with Gasteiger partial charge in [-0.2, -0.15) is 5.26 Å². The fraction of sp³-hybridized carbons (Fsp3) is 0.294. The van der Waals surface area contributed by atoms with Crippen LogP contribution in [0.4, 0.5) is 5.13 Å². The summed E-state index contributed by atoms with van der Waals surface area (Å²) >= 11 is 1.34. The van der Waals surface area contributed by atoms with Gasteiger partial charge in [0, 0.05) is 19.5 Å². The molecule has 10 heteroatoms. The normalized spacial score (nSPS) is 15.5. The van der Waals surface area contributed by atoms with Gasteiger partial charge in [0.2, 0.25) is 16.9 Å². The molecule has 1 aliphatic rings. The van der Waals surface area contributed by atoms with Crippen molar-refractivity contribution in [2.45, 2.75) is 19.9 Å². The summed E-state index contributed by atoms with van der Waals surface area (Å²) in [6.45, 7) is 2.27. The largest absolute Gasteiger partial charge is 0.483 e. The number of amides is 2. The first-order valence-corrected chi connectivity index (χ1v) is 8.75. The van der Waals surface area contributed by atoms with Crippen molar-refractivity contribution < 1.29 is 19.5 Å². The summed E-state index contributed by atoms with van der Waals surface area (Å²) in [5, 5.41) is 27.7. The summed E-state index contributed by atoms with van der Waals surface area (Å²) in [6.07, 6.45) is 0.178. The van der Waals surface area contributed by atoms with E-state index in [2.05, 4.69) is 21.6 Å². The zero-order valence-electron chi connectivity index (χ0n) is 14.5.